The number of aliphatic carboxylic acids is 1. The number of carbonyl (C=O) groups is 3. The SMILES string of the molecule is CC(C)(COP(=O)(O)OP(=O)(O)OC[C@H]1O[C@@H](n2cnc3c(N)ncnc32)[C@H](O)[C@@H]1OP(=O)(O)O)[C@@H](O)C(=O)NCCC(=O)NCCS.O=C(O)CCO. The number of thiol groups is 1. The van der Waals surface area contributed by atoms with Crippen LogP contribution in [0.25, 0.3) is 11.2 Å². The third kappa shape index (κ3) is 15.1. The summed E-state index contributed by atoms with van der Waals surface area (Å²) in [5, 5.41) is 41.7. The first-order chi connectivity index (χ1) is 24.9. The molecule has 2 amide bonds. The number of aliphatic hydroxyl groups is 3. The molecule has 308 valence electrons. The van der Waals surface area contributed by atoms with Crippen LogP contribution in [0.2, 0.25) is 0 Å². The number of phosphoric ester groups is 3. The molecule has 0 radical (unpaired) electrons. The highest BCUT2D eigenvalue weighted by molar-refractivity contribution is 7.80. The van der Waals surface area contributed by atoms with E-state index in [1.54, 1.807) is 0 Å². The Bertz CT molecular complexity index is 1730. The number of carboxylic acids is 1. The minimum absolute atomic E-state index is 0.0363. The minimum Gasteiger partial charge on any atom is -0.481 e. The van der Waals surface area contributed by atoms with Gasteiger partial charge >= 0.3 is 29.4 Å². The predicted molar refractivity (Wildman–Crippen MR) is 183 cm³/mol. The Morgan fingerprint density at radius 3 is 2.28 bits per heavy atom. The zero-order chi connectivity index (χ0) is 41.1. The fourth-order valence-electron chi connectivity index (χ4n) is 4.23. The summed E-state index contributed by atoms with van der Waals surface area (Å²) in [6, 6.07) is 0. The maximum Gasteiger partial charge on any atom is 0.481 e. The van der Waals surface area contributed by atoms with Gasteiger partial charge in [0.25, 0.3) is 0 Å². The number of phosphoric acid groups is 3. The number of nitrogens with two attached hydrogens (primary N) is 1. The van der Waals surface area contributed by atoms with Gasteiger partial charge in [-0.15, -0.1) is 0 Å². The summed E-state index contributed by atoms with van der Waals surface area (Å²) in [7, 11) is -16.3. The number of hydrogen-bond donors (Lipinski definition) is 12. The molecular formula is C24H42N7O19P3S. The van der Waals surface area contributed by atoms with E-state index in [0.29, 0.717) is 12.3 Å². The van der Waals surface area contributed by atoms with E-state index in [1.807, 2.05) is 0 Å². The van der Waals surface area contributed by atoms with Crippen molar-refractivity contribution in [1.29, 1.82) is 0 Å². The second kappa shape index (κ2) is 20.5. The van der Waals surface area contributed by atoms with Crippen molar-refractivity contribution in [3.63, 3.8) is 0 Å². The fourth-order valence-corrected chi connectivity index (χ4v) is 7.17. The van der Waals surface area contributed by atoms with Gasteiger partial charge in [0, 0.05) is 30.7 Å². The van der Waals surface area contributed by atoms with Crippen molar-refractivity contribution in [2.24, 2.45) is 5.41 Å². The van der Waals surface area contributed by atoms with E-state index in [0.717, 1.165) is 17.2 Å². The smallest absolute Gasteiger partial charge is 0.481 e. The number of nitrogen functional groups attached to an aromatic ring is 1. The zero-order valence-electron chi connectivity index (χ0n) is 28.4. The lowest BCUT2D eigenvalue weighted by molar-refractivity contribution is -0.138. The molecule has 2 unspecified atom stereocenters. The van der Waals surface area contributed by atoms with Gasteiger partial charge in [-0.05, 0) is 0 Å². The number of anilines is 1. The predicted octanol–water partition coefficient (Wildman–Crippen LogP) is -2.21. The van der Waals surface area contributed by atoms with Gasteiger partial charge in [-0.3, -0.25) is 32.5 Å². The summed E-state index contributed by atoms with van der Waals surface area (Å²) >= 11 is 3.95. The molecule has 2 aromatic heterocycles. The van der Waals surface area contributed by atoms with Gasteiger partial charge < -0.3 is 61.1 Å². The molecule has 1 fully saturated rings. The van der Waals surface area contributed by atoms with Crippen LogP contribution in [0.1, 0.15) is 32.9 Å². The van der Waals surface area contributed by atoms with Gasteiger partial charge in [0.1, 0.15) is 36.3 Å². The summed E-state index contributed by atoms with van der Waals surface area (Å²) < 4.78 is 61.7. The lowest BCUT2D eigenvalue weighted by Crippen LogP contribution is -2.46. The first-order valence-electron chi connectivity index (χ1n) is 15.3. The molecule has 3 heterocycles. The molecule has 2 aromatic rings. The molecule has 1 saturated heterocycles. The Kier molecular flexibility index (Phi) is 18.0. The van der Waals surface area contributed by atoms with E-state index in [9.17, 15) is 57.9 Å². The number of hydrogen-bond acceptors (Lipinski definition) is 19. The average molecular weight is 858 g/mol. The average Bonchev–Trinajstić information content (AvgIpc) is 3.62. The minimum atomic E-state index is -5.54. The molecule has 1 aliphatic rings. The molecule has 54 heavy (non-hydrogen) atoms. The molecule has 0 spiro atoms. The maximum atomic E-state index is 12.6. The van der Waals surface area contributed by atoms with Crippen LogP contribution in [-0.2, 0) is 50.7 Å². The molecule has 12 N–H and O–H groups in total. The Balaban J connectivity index is 0.00000155. The quantitative estimate of drug-likeness (QED) is 0.0496. The number of carboxylic acid groups (broad SMARTS) is 1. The second-order valence-corrected chi connectivity index (χ2v) is 16.3. The molecule has 1 aliphatic heterocycles. The first-order valence-corrected chi connectivity index (χ1v) is 20.4. The van der Waals surface area contributed by atoms with Gasteiger partial charge in [-0.25, -0.2) is 28.6 Å². The van der Waals surface area contributed by atoms with E-state index >= 15 is 0 Å². The maximum absolute atomic E-state index is 12.6. The Hall–Kier alpha value is -2.68. The van der Waals surface area contributed by atoms with Gasteiger partial charge in [0.05, 0.1) is 32.6 Å². The lowest BCUT2D eigenvalue weighted by atomic mass is 9.87. The second-order valence-electron chi connectivity index (χ2n) is 11.7. The molecule has 0 aliphatic carbocycles. The molecule has 26 nitrogen and oxygen atoms in total. The van der Waals surface area contributed by atoms with Crippen LogP contribution < -0.4 is 16.4 Å². The van der Waals surface area contributed by atoms with Crippen molar-refractivity contribution >= 4 is 70.9 Å². The number of nitrogens with zero attached hydrogens (tertiary/aromatic N) is 4. The molecule has 30 heteroatoms. The Morgan fingerprint density at radius 2 is 1.70 bits per heavy atom. The largest absolute Gasteiger partial charge is 0.481 e. The van der Waals surface area contributed by atoms with Crippen LogP contribution in [0, 0.1) is 5.41 Å². The van der Waals surface area contributed by atoms with Crippen LogP contribution >= 0.6 is 36.1 Å². The van der Waals surface area contributed by atoms with Gasteiger partial charge in [-0.2, -0.15) is 16.9 Å². The highest BCUT2D eigenvalue weighted by Crippen LogP contribution is 2.61. The summed E-state index contributed by atoms with van der Waals surface area (Å²) in [6.07, 6.45) is -6.89. The van der Waals surface area contributed by atoms with E-state index in [1.165, 1.54) is 13.8 Å². The van der Waals surface area contributed by atoms with E-state index in [-0.39, 0.29) is 48.9 Å². The molecular weight excluding hydrogens is 815 g/mol. The zero-order valence-corrected chi connectivity index (χ0v) is 32.0. The number of carbonyl (C=O) groups excluding carboxylic acids is 2. The van der Waals surface area contributed by atoms with Gasteiger partial charge in [0.15, 0.2) is 17.7 Å². The van der Waals surface area contributed by atoms with E-state index < -0.39 is 84.6 Å². The normalized spacial score (nSPS) is 21.7. The fraction of sp³-hybridized carbons (Fsp3) is 0.667. The molecule has 0 aromatic carbocycles. The van der Waals surface area contributed by atoms with Crippen molar-refractivity contribution in [1.82, 2.24) is 30.2 Å². The van der Waals surface area contributed by atoms with Crippen LogP contribution in [0.15, 0.2) is 12.7 Å². The first kappa shape index (κ1) is 47.5. The Labute approximate surface area is 311 Å². The summed E-state index contributed by atoms with van der Waals surface area (Å²) in [5.74, 6) is -1.90. The van der Waals surface area contributed by atoms with Crippen LogP contribution in [0.4, 0.5) is 5.82 Å². The van der Waals surface area contributed by atoms with Crippen LogP contribution in [0.3, 0.4) is 0 Å². The molecule has 0 bridgehead atoms. The standard InChI is InChI=1S/C21H36N7O16P3S.C3H6O3/c1-21(2,16(31)19(32)24-4-3-12(29)23-5-6-48)8-41-47(38,39)44-46(36,37)40-7-11-15(43-45(33,34)35)14(30)20(42-11)28-10-27-13-17(22)25-9-26-18(13)28;4-2-1-3(5)6/h9-11,14-16,20,30-31,48H,3-8H2,1-2H3,(H,23,29)(H,24,32)(H,36,37)(H,38,39)(H2,22,25,26)(H2,33,34,35);4H,1-2H2,(H,5,6)/t11-,14-,15-,16+,20-;/m1./s1. The van der Waals surface area contributed by atoms with Crippen molar-refractivity contribution in [3.05, 3.63) is 12.7 Å². The van der Waals surface area contributed by atoms with E-state index in [4.69, 9.17) is 29.7 Å². The monoisotopic (exact) mass is 857 g/mol. The molecule has 7 atom stereocenters. The topological polar surface area (TPSA) is 404 Å². The van der Waals surface area contributed by atoms with Crippen LogP contribution in [0.5, 0.6) is 0 Å². The number of fused-ring (bicyclic) bond motifs is 1. The highest BCUT2D eigenvalue weighted by Gasteiger charge is 2.50. The molecule has 3 rings (SSSR count). The van der Waals surface area contributed by atoms with Crippen molar-refractivity contribution in [3.8, 4) is 0 Å². The number of aromatic nitrogens is 4. The number of ether oxygens (including phenoxy) is 1. The number of amides is 2. The number of imidazole rings is 1. The third-order valence-corrected chi connectivity index (χ3v) is 10.2. The number of nitrogens with one attached hydrogen (secondary N) is 2. The van der Waals surface area contributed by atoms with E-state index in [2.05, 4.69) is 47.0 Å². The van der Waals surface area contributed by atoms with Crippen molar-refractivity contribution < 1.29 is 90.7 Å². The molecule has 0 saturated carbocycles. The Morgan fingerprint density at radius 1 is 1.06 bits per heavy atom. The highest BCUT2D eigenvalue weighted by atomic mass is 32.1. The van der Waals surface area contributed by atoms with Crippen LogP contribution in [-0.4, -0.2) is 140 Å². The number of aliphatic hydroxyl groups excluding tert-OH is 3. The summed E-state index contributed by atoms with van der Waals surface area (Å²) in [5.41, 5.74) is 4.30. The lowest BCUT2D eigenvalue weighted by Gasteiger charge is -2.30. The summed E-state index contributed by atoms with van der Waals surface area (Å²) in [6.45, 7) is 0.455. The summed E-state index contributed by atoms with van der Waals surface area (Å²) in [4.78, 5) is 84.1. The van der Waals surface area contributed by atoms with Crippen molar-refractivity contribution in [2.45, 2.75) is 57.3 Å². The van der Waals surface area contributed by atoms with Gasteiger partial charge in [0.2, 0.25) is 11.8 Å². The van der Waals surface area contributed by atoms with Crippen molar-refractivity contribution in [2.75, 3.05) is 44.4 Å². The van der Waals surface area contributed by atoms with Gasteiger partial charge in [-0.1, -0.05) is 13.8 Å². The number of rotatable bonds is 20. The third-order valence-electron chi connectivity index (χ3n) is 6.84.